The number of hydrogen-bond acceptors (Lipinski definition) is 2. The lowest BCUT2D eigenvalue weighted by Gasteiger charge is -2.45. The van der Waals surface area contributed by atoms with Crippen LogP contribution in [0.2, 0.25) is 0 Å². The molecule has 0 unspecified atom stereocenters. The lowest BCUT2D eigenvalue weighted by molar-refractivity contribution is -0.118. The Hall–Kier alpha value is -0.570. The number of nitrogens with zero attached hydrogens (tertiary/aromatic N) is 2. The second-order valence-electron chi connectivity index (χ2n) is 4.00. The maximum atomic E-state index is 10.4. The van der Waals surface area contributed by atoms with E-state index in [0.29, 0.717) is 5.41 Å². The summed E-state index contributed by atoms with van der Waals surface area (Å²) in [7, 11) is 2.13. The molecule has 0 saturated carbocycles. The van der Waals surface area contributed by atoms with E-state index in [1.165, 1.54) is 19.5 Å². The van der Waals surface area contributed by atoms with E-state index in [4.69, 9.17) is 0 Å². The maximum Gasteiger partial charge on any atom is 0.209 e. The van der Waals surface area contributed by atoms with Gasteiger partial charge in [-0.2, -0.15) is 0 Å². The summed E-state index contributed by atoms with van der Waals surface area (Å²) in [4.78, 5) is 14.6. The van der Waals surface area contributed by atoms with E-state index in [1.807, 2.05) is 4.90 Å². The molecule has 2 saturated heterocycles. The fourth-order valence-corrected chi connectivity index (χ4v) is 2.42. The number of likely N-dealkylation sites (tertiary alicyclic amines) is 2. The van der Waals surface area contributed by atoms with E-state index in [0.717, 1.165) is 19.5 Å². The highest BCUT2D eigenvalue weighted by molar-refractivity contribution is 5.48. The van der Waals surface area contributed by atoms with Crippen LogP contribution in [-0.4, -0.2) is 49.4 Å². The maximum absolute atomic E-state index is 10.4. The molecule has 0 aromatic rings. The van der Waals surface area contributed by atoms with Crippen molar-refractivity contribution in [2.24, 2.45) is 5.41 Å². The summed E-state index contributed by atoms with van der Waals surface area (Å²) in [6.07, 6.45) is 2.18. The summed E-state index contributed by atoms with van der Waals surface area (Å²) in [5, 5.41) is 0. The Morgan fingerprint density at radius 1 is 1.36 bits per heavy atom. The van der Waals surface area contributed by atoms with Crippen molar-refractivity contribution < 1.29 is 4.79 Å². The minimum Gasteiger partial charge on any atom is -0.345 e. The normalized spacial score (nSPS) is 29.0. The summed E-state index contributed by atoms with van der Waals surface area (Å²) in [6, 6.07) is 0. The van der Waals surface area contributed by atoms with Gasteiger partial charge in [0.15, 0.2) is 0 Å². The number of carbonyl (C=O) groups excluding carboxylic acids is 1. The molecule has 0 radical (unpaired) electrons. The molecular formula is C8H14N2O. The average Bonchev–Trinajstić information content (AvgIpc) is 2.31. The number of hydrogen-bond donors (Lipinski definition) is 0. The summed E-state index contributed by atoms with van der Waals surface area (Å²) >= 11 is 0. The Kier molecular flexibility index (Phi) is 1.42. The van der Waals surface area contributed by atoms with Crippen LogP contribution in [0.4, 0.5) is 0 Å². The van der Waals surface area contributed by atoms with Gasteiger partial charge in [-0.1, -0.05) is 0 Å². The van der Waals surface area contributed by atoms with Gasteiger partial charge in [-0.3, -0.25) is 4.79 Å². The molecule has 1 spiro atoms. The van der Waals surface area contributed by atoms with Crippen molar-refractivity contribution in [1.82, 2.24) is 9.80 Å². The third-order valence-corrected chi connectivity index (χ3v) is 2.83. The van der Waals surface area contributed by atoms with Crippen LogP contribution in [-0.2, 0) is 4.79 Å². The van der Waals surface area contributed by atoms with Crippen LogP contribution in [0.15, 0.2) is 0 Å². The summed E-state index contributed by atoms with van der Waals surface area (Å²) in [6.45, 7) is 4.31. The second-order valence-corrected chi connectivity index (χ2v) is 4.00. The standard InChI is InChI=1S/C8H14N2O/c1-9-4-8(5-9)2-3-10(6-8)7-11/h7H,2-6H2,1H3. The Labute approximate surface area is 67.0 Å². The first-order chi connectivity index (χ1) is 5.24. The van der Waals surface area contributed by atoms with Gasteiger partial charge in [-0.15, -0.1) is 0 Å². The highest BCUT2D eigenvalue weighted by atomic mass is 16.1. The zero-order valence-corrected chi connectivity index (χ0v) is 6.92. The highest BCUT2D eigenvalue weighted by Gasteiger charge is 2.45. The number of rotatable bonds is 1. The number of carbonyl (C=O) groups is 1. The van der Waals surface area contributed by atoms with Crippen LogP contribution in [0.1, 0.15) is 6.42 Å². The average molecular weight is 154 g/mol. The third-order valence-electron chi connectivity index (χ3n) is 2.83. The largest absolute Gasteiger partial charge is 0.345 e. The monoisotopic (exact) mass is 154 g/mol. The van der Waals surface area contributed by atoms with E-state index < -0.39 is 0 Å². The van der Waals surface area contributed by atoms with Crippen LogP contribution in [0.3, 0.4) is 0 Å². The van der Waals surface area contributed by atoms with Crippen molar-refractivity contribution in [3.63, 3.8) is 0 Å². The smallest absolute Gasteiger partial charge is 0.209 e. The first-order valence-electron chi connectivity index (χ1n) is 4.12. The summed E-state index contributed by atoms with van der Waals surface area (Å²) < 4.78 is 0. The first kappa shape index (κ1) is 7.10. The Morgan fingerprint density at radius 3 is 2.55 bits per heavy atom. The number of amides is 1. The predicted molar refractivity (Wildman–Crippen MR) is 42.2 cm³/mol. The van der Waals surface area contributed by atoms with Crippen LogP contribution in [0, 0.1) is 5.41 Å². The van der Waals surface area contributed by atoms with E-state index in [9.17, 15) is 4.79 Å². The molecular weight excluding hydrogens is 140 g/mol. The first-order valence-corrected chi connectivity index (χ1v) is 4.12. The van der Waals surface area contributed by atoms with Crippen molar-refractivity contribution in [3.8, 4) is 0 Å². The molecule has 3 nitrogen and oxygen atoms in total. The predicted octanol–water partition coefficient (Wildman–Crippen LogP) is -0.220. The van der Waals surface area contributed by atoms with Gasteiger partial charge in [0.2, 0.25) is 6.41 Å². The molecule has 0 N–H and O–H groups in total. The van der Waals surface area contributed by atoms with E-state index in [1.54, 1.807) is 0 Å². The minimum atomic E-state index is 0.482. The lowest BCUT2D eigenvalue weighted by atomic mass is 9.80. The molecule has 2 rings (SSSR count). The Morgan fingerprint density at radius 2 is 2.09 bits per heavy atom. The molecule has 0 atom stereocenters. The molecule has 62 valence electrons. The Bertz CT molecular complexity index is 175. The van der Waals surface area contributed by atoms with Crippen molar-refractivity contribution in [2.75, 3.05) is 33.2 Å². The van der Waals surface area contributed by atoms with Gasteiger partial charge in [0.25, 0.3) is 0 Å². The third kappa shape index (κ3) is 1.03. The van der Waals surface area contributed by atoms with E-state index >= 15 is 0 Å². The van der Waals surface area contributed by atoms with Crippen molar-refractivity contribution in [1.29, 1.82) is 0 Å². The molecule has 2 heterocycles. The molecule has 2 aliphatic rings. The molecule has 3 heteroatoms. The molecule has 0 bridgehead atoms. The zero-order chi connectivity index (χ0) is 7.90. The van der Waals surface area contributed by atoms with Gasteiger partial charge in [0.05, 0.1) is 0 Å². The van der Waals surface area contributed by atoms with Crippen LogP contribution >= 0.6 is 0 Å². The van der Waals surface area contributed by atoms with Crippen LogP contribution < -0.4 is 0 Å². The molecule has 11 heavy (non-hydrogen) atoms. The van der Waals surface area contributed by atoms with Crippen LogP contribution in [0.5, 0.6) is 0 Å². The van der Waals surface area contributed by atoms with Gasteiger partial charge < -0.3 is 9.80 Å². The topological polar surface area (TPSA) is 23.6 Å². The molecule has 1 amide bonds. The van der Waals surface area contributed by atoms with Crippen molar-refractivity contribution in [2.45, 2.75) is 6.42 Å². The fraction of sp³-hybridized carbons (Fsp3) is 0.875. The summed E-state index contributed by atoms with van der Waals surface area (Å²) in [5.41, 5.74) is 0.482. The fourth-order valence-electron chi connectivity index (χ4n) is 2.42. The SMILES string of the molecule is CN1CC2(CCN(C=O)C2)C1. The second kappa shape index (κ2) is 2.21. The van der Waals surface area contributed by atoms with Gasteiger partial charge in [-0.25, -0.2) is 0 Å². The molecule has 0 aromatic carbocycles. The van der Waals surface area contributed by atoms with Crippen molar-refractivity contribution >= 4 is 6.41 Å². The zero-order valence-electron chi connectivity index (χ0n) is 6.92. The summed E-state index contributed by atoms with van der Waals surface area (Å²) in [5.74, 6) is 0. The molecule has 0 aliphatic carbocycles. The Balaban J connectivity index is 1.94. The van der Waals surface area contributed by atoms with Gasteiger partial charge >= 0.3 is 0 Å². The van der Waals surface area contributed by atoms with Gasteiger partial charge in [0.1, 0.15) is 0 Å². The molecule has 2 aliphatic heterocycles. The molecule has 2 fully saturated rings. The van der Waals surface area contributed by atoms with Crippen LogP contribution in [0.25, 0.3) is 0 Å². The van der Waals surface area contributed by atoms with Gasteiger partial charge in [0, 0.05) is 31.6 Å². The molecule has 0 aromatic heterocycles. The lowest BCUT2D eigenvalue weighted by Crippen LogP contribution is -2.55. The van der Waals surface area contributed by atoms with E-state index in [2.05, 4.69) is 11.9 Å². The van der Waals surface area contributed by atoms with Crippen molar-refractivity contribution in [3.05, 3.63) is 0 Å². The highest BCUT2D eigenvalue weighted by Crippen LogP contribution is 2.37. The quantitative estimate of drug-likeness (QED) is 0.487. The van der Waals surface area contributed by atoms with E-state index in [-0.39, 0.29) is 0 Å². The van der Waals surface area contributed by atoms with Gasteiger partial charge in [-0.05, 0) is 13.5 Å². The minimum absolute atomic E-state index is 0.482.